The van der Waals surface area contributed by atoms with Gasteiger partial charge in [0.05, 0.1) is 14.2 Å². The second-order valence-corrected chi connectivity index (χ2v) is 2.22. The quantitative estimate of drug-likeness (QED) is 0.572. The fourth-order valence-corrected chi connectivity index (χ4v) is 0.204. The summed E-state index contributed by atoms with van der Waals surface area (Å²) in [6, 6.07) is 0. The summed E-state index contributed by atoms with van der Waals surface area (Å²) in [5.74, 6) is 0. The average Bonchev–Trinajstić information content (AvgIpc) is 1.68. The van der Waals surface area contributed by atoms with Gasteiger partial charge in [0.1, 0.15) is 0 Å². The molecule has 0 unspecified atom stereocenters. The Morgan fingerprint density at radius 3 is 1.38 bits per heavy atom. The predicted octanol–water partition coefficient (Wildman–Crippen LogP) is -0.314. The molecule has 0 rings (SSSR count). The maximum atomic E-state index is 9.92. The van der Waals surface area contributed by atoms with Crippen molar-refractivity contribution >= 4 is 10.4 Å². The van der Waals surface area contributed by atoms with Crippen LogP contribution in [0.5, 0.6) is 0 Å². The molecule has 52 valence electrons. The van der Waals surface area contributed by atoms with Crippen molar-refractivity contribution in [1.82, 2.24) is 6.15 Å². The molecule has 0 radical (unpaired) electrons. The summed E-state index contributed by atoms with van der Waals surface area (Å²) in [6.07, 6.45) is 0. The van der Waals surface area contributed by atoms with Crippen molar-refractivity contribution < 1.29 is 16.8 Å². The number of hydrogen-bond acceptors (Lipinski definition) is 5. The van der Waals surface area contributed by atoms with Crippen molar-refractivity contribution in [3.05, 3.63) is 0 Å². The molecule has 8 heavy (non-hydrogen) atoms. The Hall–Kier alpha value is -0.170. The van der Waals surface area contributed by atoms with E-state index in [0.717, 1.165) is 14.2 Å². The SMILES string of the molecule is COS(=O)(=O)OC.N. The van der Waals surface area contributed by atoms with E-state index in [1.54, 1.807) is 0 Å². The topological polar surface area (TPSA) is 87.6 Å². The third-order valence-corrected chi connectivity index (χ3v) is 1.22. The molecule has 0 aliphatic rings. The molecule has 0 atom stereocenters. The molecule has 0 saturated carbocycles. The summed E-state index contributed by atoms with van der Waals surface area (Å²) in [7, 11) is -1.60. The summed E-state index contributed by atoms with van der Waals surface area (Å²) >= 11 is 0. The molecule has 5 nitrogen and oxygen atoms in total. The molecule has 0 saturated heterocycles. The average molecular weight is 143 g/mol. The highest BCUT2D eigenvalue weighted by molar-refractivity contribution is 7.81. The number of rotatable bonds is 2. The first-order valence-electron chi connectivity index (χ1n) is 1.48. The van der Waals surface area contributed by atoms with Crippen molar-refractivity contribution in [2.24, 2.45) is 0 Å². The fraction of sp³-hybridized carbons (Fsp3) is 1.00. The Labute approximate surface area is 48.5 Å². The molecule has 0 aromatic carbocycles. The lowest BCUT2D eigenvalue weighted by molar-refractivity contribution is 0.286. The predicted molar refractivity (Wildman–Crippen MR) is 28.0 cm³/mol. The molecule has 0 aliphatic heterocycles. The Morgan fingerprint density at radius 1 is 1.12 bits per heavy atom. The minimum atomic E-state index is -3.66. The Bertz CT molecular complexity index is 117. The van der Waals surface area contributed by atoms with Gasteiger partial charge in [0, 0.05) is 0 Å². The highest BCUT2D eigenvalue weighted by atomic mass is 32.3. The summed E-state index contributed by atoms with van der Waals surface area (Å²) in [6.45, 7) is 0. The van der Waals surface area contributed by atoms with Crippen LogP contribution in [-0.2, 0) is 18.8 Å². The molecule has 0 spiro atoms. The number of hydrogen-bond donors (Lipinski definition) is 1. The van der Waals surface area contributed by atoms with Crippen molar-refractivity contribution in [3.63, 3.8) is 0 Å². The Morgan fingerprint density at radius 2 is 1.38 bits per heavy atom. The van der Waals surface area contributed by atoms with Crippen LogP contribution < -0.4 is 6.15 Å². The lowest BCUT2D eigenvalue weighted by Gasteiger charge is -1.91. The van der Waals surface area contributed by atoms with E-state index < -0.39 is 10.4 Å². The van der Waals surface area contributed by atoms with Gasteiger partial charge in [-0.1, -0.05) is 0 Å². The zero-order valence-corrected chi connectivity index (χ0v) is 5.56. The Balaban J connectivity index is 0. The van der Waals surface area contributed by atoms with Crippen LogP contribution in [-0.4, -0.2) is 22.6 Å². The molecule has 0 fully saturated rings. The first-order valence-corrected chi connectivity index (χ1v) is 2.82. The van der Waals surface area contributed by atoms with E-state index in [1.807, 2.05) is 0 Å². The van der Waals surface area contributed by atoms with Crippen LogP contribution in [0.1, 0.15) is 0 Å². The molecule has 0 heterocycles. The highest BCUT2D eigenvalue weighted by Crippen LogP contribution is 1.85. The van der Waals surface area contributed by atoms with Crippen LogP contribution in [0.25, 0.3) is 0 Å². The van der Waals surface area contributed by atoms with E-state index in [9.17, 15) is 8.42 Å². The highest BCUT2D eigenvalue weighted by Gasteiger charge is 2.01. The van der Waals surface area contributed by atoms with Gasteiger partial charge in [0.25, 0.3) is 0 Å². The van der Waals surface area contributed by atoms with Crippen LogP contribution in [0.4, 0.5) is 0 Å². The fourth-order valence-electron chi connectivity index (χ4n) is 0.0680. The third-order valence-electron chi connectivity index (χ3n) is 0.408. The van der Waals surface area contributed by atoms with E-state index in [4.69, 9.17) is 0 Å². The summed E-state index contributed by atoms with van der Waals surface area (Å²) in [4.78, 5) is 0. The maximum absolute atomic E-state index is 9.92. The first-order chi connectivity index (χ1) is 3.12. The van der Waals surface area contributed by atoms with Crippen LogP contribution in [0.3, 0.4) is 0 Å². The lowest BCUT2D eigenvalue weighted by Crippen LogP contribution is -2.02. The van der Waals surface area contributed by atoms with Crippen LogP contribution in [0.2, 0.25) is 0 Å². The molecule has 0 amide bonds. The minimum Gasteiger partial charge on any atom is -0.344 e. The van der Waals surface area contributed by atoms with Gasteiger partial charge in [-0.3, -0.25) is 8.37 Å². The van der Waals surface area contributed by atoms with Crippen molar-refractivity contribution in [3.8, 4) is 0 Å². The van der Waals surface area contributed by atoms with Crippen molar-refractivity contribution in [1.29, 1.82) is 0 Å². The lowest BCUT2D eigenvalue weighted by atomic mass is 11.8. The van der Waals surface area contributed by atoms with Gasteiger partial charge < -0.3 is 6.15 Å². The van der Waals surface area contributed by atoms with Gasteiger partial charge in [-0.25, -0.2) is 0 Å². The second-order valence-electron chi connectivity index (χ2n) is 0.742. The molecule has 0 bridgehead atoms. The zero-order chi connectivity index (χ0) is 5.91. The van der Waals surface area contributed by atoms with E-state index in [1.165, 1.54) is 0 Å². The molecule has 0 aromatic rings. The molecular weight excluding hydrogens is 134 g/mol. The van der Waals surface area contributed by atoms with E-state index in [0.29, 0.717) is 0 Å². The van der Waals surface area contributed by atoms with E-state index in [-0.39, 0.29) is 6.15 Å². The maximum Gasteiger partial charge on any atom is 0.399 e. The van der Waals surface area contributed by atoms with E-state index in [2.05, 4.69) is 8.37 Å². The van der Waals surface area contributed by atoms with Gasteiger partial charge in [0.15, 0.2) is 0 Å². The Kier molecular flexibility index (Phi) is 5.09. The van der Waals surface area contributed by atoms with Crippen LogP contribution in [0, 0.1) is 0 Å². The smallest absolute Gasteiger partial charge is 0.344 e. The summed E-state index contributed by atoms with van der Waals surface area (Å²) in [5.41, 5.74) is 0. The summed E-state index contributed by atoms with van der Waals surface area (Å²) in [5, 5.41) is 0. The van der Waals surface area contributed by atoms with Crippen LogP contribution in [0.15, 0.2) is 0 Å². The monoisotopic (exact) mass is 143 g/mol. The normalized spacial score (nSPS) is 10.2. The minimum absolute atomic E-state index is 0. The van der Waals surface area contributed by atoms with E-state index >= 15 is 0 Å². The standard InChI is InChI=1S/C2H6O4S.H3N/c1-5-7(3,4)6-2;/h1-2H3;1H3. The van der Waals surface area contributed by atoms with Gasteiger partial charge in [-0.15, -0.1) is 0 Å². The van der Waals surface area contributed by atoms with Gasteiger partial charge in [-0.05, 0) is 0 Å². The molecule has 6 heteroatoms. The largest absolute Gasteiger partial charge is 0.399 e. The van der Waals surface area contributed by atoms with Crippen molar-refractivity contribution in [2.45, 2.75) is 0 Å². The molecular formula is C2H9NO4S. The zero-order valence-electron chi connectivity index (χ0n) is 4.75. The first kappa shape index (κ1) is 10.7. The van der Waals surface area contributed by atoms with Crippen molar-refractivity contribution in [2.75, 3.05) is 14.2 Å². The molecule has 0 aromatic heterocycles. The van der Waals surface area contributed by atoms with Gasteiger partial charge in [-0.2, -0.15) is 8.42 Å². The summed E-state index contributed by atoms with van der Waals surface area (Å²) < 4.78 is 27.5. The van der Waals surface area contributed by atoms with Gasteiger partial charge >= 0.3 is 10.4 Å². The van der Waals surface area contributed by atoms with Gasteiger partial charge in [0.2, 0.25) is 0 Å². The second kappa shape index (κ2) is 3.79. The molecule has 3 N–H and O–H groups in total. The van der Waals surface area contributed by atoms with Crippen LogP contribution >= 0.6 is 0 Å². The molecule has 0 aliphatic carbocycles. The third kappa shape index (κ3) is 4.00.